The van der Waals surface area contributed by atoms with Gasteiger partial charge in [0.2, 0.25) is 5.95 Å². The van der Waals surface area contributed by atoms with Crippen molar-refractivity contribution < 1.29 is 23.4 Å². The van der Waals surface area contributed by atoms with Crippen LogP contribution >= 0.6 is 0 Å². The molecule has 0 radical (unpaired) electrons. The van der Waals surface area contributed by atoms with Crippen LogP contribution in [0.1, 0.15) is 45.6 Å². The van der Waals surface area contributed by atoms with Crippen molar-refractivity contribution in [2.45, 2.75) is 25.0 Å². The highest BCUT2D eigenvalue weighted by Gasteiger charge is 2.46. The normalized spacial score (nSPS) is 20.5. The van der Waals surface area contributed by atoms with E-state index >= 15 is 0 Å². The molecule has 1 amide bonds. The van der Waals surface area contributed by atoms with Gasteiger partial charge in [0, 0.05) is 80.3 Å². The molecule has 11 nitrogen and oxygen atoms in total. The van der Waals surface area contributed by atoms with E-state index in [0.29, 0.717) is 35.7 Å². The molecular formula is C28H28F2N8O3. The number of aliphatic hydroxyl groups is 1. The number of anilines is 1. The molecule has 1 N–H and O–H groups in total. The van der Waals surface area contributed by atoms with Crippen LogP contribution in [0, 0.1) is 0 Å². The van der Waals surface area contributed by atoms with Gasteiger partial charge in [-0.1, -0.05) is 6.07 Å². The zero-order valence-electron chi connectivity index (χ0n) is 22.3. The number of rotatable bonds is 6. The Labute approximate surface area is 234 Å². The van der Waals surface area contributed by atoms with Crippen molar-refractivity contribution in [1.29, 1.82) is 0 Å². The van der Waals surface area contributed by atoms with Crippen molar-refractivity contribution >= 4 is 17.4 Å². The number of hydrogen-bond donors (Lipinski definition) is 1. The number of β-amino-alcohol motifs (C(OH)–C–C–N with tert-alkyl or cyclic N) is 1. The first-order valence-corrected chi connectivity index (χ1v) is 13.6. The van der Waals surface area contributed by atoms with E-state index < -0.39 is 6.61 Å². The number of benzene rings is 1. The van der Waals surface area contributed by atoms with Gasteiger partial charge in [0.05, 0.1) is 29.6 Å². The summed E-state index contributed by atoms with van der Waals surface area (Å²) in [5, 5.41) is 13.9. The summed E-state index contributed by atoms with van der Waals surface area (Å²) in [5.74, 6) is 0.0442. The van der Waals surface area contributed by atoms with E-state index in [4.69, 9.17) is 9.84 Å². The van der Waals surface area contributed by atoms with E-state index in [0.717, 1.165) is 48.5 Å². The van der Waals surface area contributed by atoms with Gasteiger partial charge in [-0.15, -0.1) is 0 Å². The standard InChI is InChI=1S/C28H28F2N8O3/c1-35-21-11-18(23-17(26(35)40)3-2-4-22(23)41-27(29)30)24-20-12-19(33-15-38(20)34-25(21)24)16-13-31-28(32-14-16)37-7-5-36(6-8-37)9-10-39/h2-4,12-15,18,21,27,39H,5-11H2,1H3. The van der Waals surface area contributed by atoms with E-state index in [1.807, 2.05) is 6.07 Å². The molecule has 212 valence electrons. The summed E-state index contributed by atoms with van der Waals surface area (Å²) >= 11 is 0. The Morgan fingerprint density at radius 2 is 1.88 bits per heavy atom. The highest BCUT2D eigenvalue weighted by Crippen LogP contribution is 2.53. The van der Waals surface area contributed by atoms with Gasteiger partial charge < -0.3 is 19.6 Å². The average Bonchev–Trinajstić information content (AvgIpc) is 3.51. The highest BCUT2D eigenvalue weighted by molar-refractivity contribution is 5.98. The molecule has 2 unspecified atom stereocenters. The Kier molecular flexibility index (Phi) is 6.27. The van der Waals surface area contributed by atoms with Crippen LogP contribution in [-0.4, -0.2) is 98.4 Å². The zero-order valence-corrected chi connectivity index (χ0v) is 22.3. The van der Waals surface area contributed by atoms with Crippen LogP contribution in [0.4, 0.5) is 14.7 Å². The number of carbonyl (C=O) groups excluding carboxylic acids is 1. The van der Waals surface area contributed by atoms with E-state index in [2.05, 4.69) is 24.8 Å². The molecule has 2 atom stereocenters. The fraction of sp³-hybridized carbons (Fsp3) is 0.393. The Bertz CT molecular complexity index is 1620. The summed E-state index contributed by atoms with van der Waals surface area (Å²) in [5.41, 5.74) is 4.60. The largest absolute Gasteiger partial charge is 0.434 e. The van der Waals surface area contributed by atoms with Crippen LogP contribution in [0.2, 0.25) is 0 Å². The van der Waals surface area contributed by atoms with Crippen LogP contribution in [-0.2, 0) is 0 Å². The van der Waals surface area contributed by atoms with Crippen molar-refractivity contribution in [3.8, 4) is 17.0 Å². The van der Waals surface area contributed by atoms with Crippen LogP contribution in [0.15, 0.2) is 43.0 Å². The number of carbonyl (C=O) groups is 1. The van der Waals surface area contributed by atoms with Crippen LogP contribution in [0.3, 0.4) is 0 Å². The van der Waals surface area contributed by atoms with Gasteiger partial charge >= 0.3 is 6.61 Å². The summed E-state index contributed by atoms with van der Waals surface area (Å²) in [6, 6.07) is 6.32. The molecule has 1 saturated heterocycles. The van der Waals surface area contributed by atoms with Crippen molar-refractivity contribution in [1.82, 2.24) is 34.4 Å². The maximum absolute atomic E-state index is 13.4. The summed E-state index contributed by atoms with van der Waals surface area (Å²) in [6.45, 7) is 1.05. The number of fused-ring (bicyclic) bond motifs is 9. The molecule has 1 fully saturated rings. The summed E-state index contributed by atoms with van der Waals surface area (Å²) in [6.07, 6.45) is 5.64. The molecular weight excluding hydrogens is 534 g/mol. The van der Waals surface area contributed by atoms with Crippen LogP contribution in [0.25, 0.3) is 16.8 Å². The molecule has 1 aromatic carbocycles. The first-order chi connectivity index (χ1) is 19.9. The number of amides is 1. The second-order valence-electron chi connectivity index (χ2n) is 10.5. The molecule has 2 bridgehead atoms. The lowest BCUT2D eigenvalue weighted by atomic mass is 9.88. The summed E-state index contributed by atoms with van der Waals surface area (Å²) in [7, 11) is 1.72. The highest BCUT2D eigenvalue weighted by atomic mass is 19.3. The maximum atomic E-state index is 13.4. The molecule has 3 aliphatic rings. The van der Waals surface area contributed by atoms with Gasteiger partial charge in [-0.3, -0.25) is 9.69 Å². The van der Waals surface area contributed by atoms with Crippen molar-refractivity contribution in [3.63, 3.8) is 0 Å². The first-order valence-electron chi connectivity index (χ1n) is 13.6. The Morgan fingerprint density at radius 3 is 2.61 bits per heavy atom. The minimum absolute atomic E-state index is 0.00700. The average molecular weight is 563 g/mol. The van der Waals surface area contributed by atoms with E-state index in [-0.39, 0.29) is 30.2 Å². The molecule has 0 saturated carbocycles. The van der Waals surface area contributed by atoms with Gasteiger partial charge in [-0.2, -0.15) is 13.9 Å². The summed E-state index contributed by atoms with van der Waals surface area (Å²) in [4.78, 5) is 33.1. The molecule has 13 heteroatoms. The third-order valence-corrected chi connectivity index (χ3v) is 8.37. The van der Waals surface area contributed by atoms with Gasteiger partial charge in [0.1, 0.15) is 12.1 Å². The zero-order chi connectivity index (χ0) is 28.2. The predicted molar refractivity (Wildman–Crippen MR) is 144 cm³/mol. The quantitative estimate of drug-likeness (QED) is 0.379. The van der Waals surface area contributed by atoms with Crippen molar-refractivity contribution in [3.05, 3.63) is 65.4 Å². The second kappa shape index (κ2) is 10.00. The van der Waals surface area contributed by atoms with E-state index in [1.165, 1.54) is 6.07 Å². The number of piperazine rings is 1. The van der Waals surface area contributed by atoms with Gasteiger partial charge in [0.25, 0.3) is 5.91 Å². The SMILES string of the molecule is CN1C(=O)c2cccc(OC(F)F)c2C2CC1c1nn3cnc(-c4cnc(N5CCN(CCO)CC5)nc4)cc3c12. The number of aromatic nitrogens is 5. The minimum Gasteiger partial charge on any atom is -0.434 e. The molecule has 7 rings (SSSR count). The third kappa shape index (κ3) is 4.27. The molecule has 1 aliphatic carbocycles. The lowest BCUT2D eigenvalue weighted by Crippen LogP contribution is -2.47. The van der Waals surface area contributed by atoms with Gasteiger partial charge in [-0.25, -0.2) is 19.5 Å². The van der Waals surface area contributed by atoms with E-state index in [9.17, 15) is 18.7 Å². The fourth-order valence-corrected chi connectivity index (χ4v) is 6.36. The molecule has 0 spiro atoms. The molecule has 5 heterocycles. The second-order valence-corrected chi connectivity index (χ2v) is 10.5. The summed E-state index contributed by atoms with van der Waals surface area (Å²) < 4.78 is 33.3. The lowest BCUT2D eigenvalue weighted by molar-refractivity contribution is -0.0505. The van der Waals surface area contributed by atoms with E-state index in [1.54, 1.807) is 47.3 Å². The maximum Gasteiger partial charge on any atom is 0.387 e. The lowest BCUT2D eigenvalue weighted by Gasteiger charge is -2.34. The minimum atomic E-state index is -3.01. The number of halogens is 2. The molecule has 2 aliphatic heterocycles. The third-order valence-electron chi connectivity index (χ3n) is 8.37. The van der Waals surface area contributed by atoms with Crippen LogP contribution in [0.5, 0.6) is 5.75 Å². The van der Waals surface area contributed by atoms with Crippen LogP contribution < -0.4 is 9.64 Å². The Morgan fingerprint density at radius 1 is 1.10 bits per heavy atom. The number of hydrogen-bond acceptors (Lipinski definition) is 9. The molecule has 3 aromatic heterocycles. The Balaban J connectivity index is 1.25. The van der Waals surface area contributed by atoms with Gasteiger partial charge in [-0.05, 0) is 24.6 Å². The molecule has 4 aromatic rings. The fourth-order valence-electron chi connectivity index (χ4n) is 6.36. The smallest absolute Gasteiger partial charge is 0.387 e. The molecule has 41 heavy (non-hydrogen) atoms. The predicted octanol–water partition coefficient (Wildman–Crippen LogP) is 2.56. The first kappa shape index (κ1) is 25.7. The van der Waals surface area contributed by atoms with Crippen molar-refractivity contribution in [2.75, 3.05) is 51.3 Å². The number of nitrogens with zero attached hydrogens (tertiary/aromatic N) is 8. The number of alkyl halides is 2. The van der Waals surface area contributed by atoms with Gasteiger partial charge in [0.15, 0.2) is 0 Å². The van der Waals surface area contributed by atoms with Crippen molar-refractivity contribution in [2.24, 2.45) is 0 Å². The number of aliphatic hydroxyl groups excluding tert-OH is 1. The monoisotopic (exact) mass is 562 g/mol. The topological polar surface area (TPSA) is 112 Å². The number of ether oxygens (including phenoxy) is 1. The Hall–Kier alpha value is -4.23.